The van der Waals surface area contributed by atoms with Gasteiger partial charge >= 0.3 is 0 Å². The Morgan fingerprint density at radius 1 is 1.26 bits per heavy atom. The van der Waals surface area contributed by atoms with Crippen LogP contribution >= 0.6 is 23.1 Å². The number of anilines is 1. The zero-order chi connectivity index (χ0) is 24.1. The molecule has 4 rings (SSSR count). The number of carbonyl (C=O) groups is 1. The van der Waals surface area contributed by atoms with Gasteiger partial charge in [0.25, 0.3) is 0 Å². The lowest BCUT2D eigenvalue weighted by molar-refractivity contribution is -0.113. The Kier molecular flexibility index (Phi) is 8.44. The molecule has 2 heterocycles. The molecule has 184 valence electrons. The third-order valence-electron chi connectivity index (χ3n) is 6.19. The van der Waals surface area contributed by atoms with E-state index in [4.69, 9.17) is 4.74 Å². The molecule has 1 amide bonds. The van der Waals surface area contributed by atoms with Crippen molar-refractivity contribution in [2.45, 2.75) is 69.6 Å². The van der Waals surface area contributed by atoms with Crippen LogP contribution in [0.2, 0.25) is 0 Å². The van der Waals surface area contributed by atoms with Crippen LogP contribution in [0.1, 0.15) is 70.3 Å². The van der Waals surface area contributed by atoms with Gasteiger partial charge in [-0.05, 0) is 58.5 Å². The van der Waals surface area contributed by atoms with E-state index in [-0.39, 0.29) is 17.7 Å². The second-order valence-corrected chi connectivity index (χ2v) is 10.8. The standard InChI is InChI=1S/C24H34N6O2S2/c1-5-19(29(3)4)22-27-28-24(30(22)16-10-8-7-9-11-16)33-15-21(31)26-23-25-18-13-12-17(32-6-2)14-20(18)34-23/h12-14,16,19H,5-11,15H2,1-4H3,(H,25,26,31)/t19-/m1/s1. The fraction of sp³-hybridized carbons (Fsp3) is 0.583. The topological polar surface area (TPSA) is 85.2 Å². The van der Waals surface area contributed by atoms with Gasteiger partial charge < -0.3 is 14.6 Å². The maximum atomic E-state index is 12.8. The van der Waals surface area contributed by atoms with Crippen LogP contribution in [0.5, 0.6) is 5.75 Å². The summed E-state index contributed by atoms with van der Waals surface area (Å²) >= 11 is 2.92. The van der Waals surface area contributed by atoms with Crippen LogP contribution in [0.3, 0.4) is 0 Å². The number of hydrogen-bond donors (Lipinski definition) is 1. The Hall–Kier alpha value is -2.17. The Balaban J connectivity index is 1.46. The van der Waals surface area contributed by atoms with Crippen molar-refractivity contribution in [3.8, 4) is 5.75 Å². The van der Waals surface area contributed by atoms with Crippen molar-refractivity contribution in [3.05, 3.63) is 24.0 Å². The van der Waals surface area contributed by atoms with Crippen LogP contribution in [0.15, 0.2) is 23.4 Å². The van der Waals surface area contributed by atoms with E-state index in [1.54, 1.807) is 0 Å². The Bertz CT molecular complexity index is 1110. The molecule has 2 aromatic heterocycles. The van der Waals surface area contributed by atoms with Gasteiger partial charge in [-0.1, -0.05) is 49.3 Å². The fourth-order valence-electron chi connectivity index (χ4n) is 4.58. The first-order valence-corrected chi connectivity index (χ1v) is 13.9. The molecule has 0 saturated heterocycles. The summed E-state index contributed by atoms with van der Waals surface area (Å²) in [5, 5.41) is 13.5. The molecule has 34 heavy (non-hydrogen) atoms. The number of aromatic nitrogens is 4. The molecule has 10 heteroatoms. The average Bonchev–Trinajstić information content (AvgIpc) is 3.42. The monoisotopic (exact) mass is 502 g/mol. The minimum atomic E-state index is -0.0894. The molecule has 3 aromatic rings. The lowest BCUT2D eigenvalue weighted by Crippen LogP contribution is -2.26. The molecule has 1 N–H and O–H groups in total. The number of nitrogens with zero attached hydrogens (tertiary/aromatic N) is 5. The highest BCUT2D eigenvalue weighted by Gasteiger charge is 2.28. The first-order valence-electron chi connectivity index (χ1n) is 12.1. The predicted octanol–water partition coefficient (Wildman–Crippen LogP) is 5.54. The van der Waals surface area contributed by atoms with Gasteiger partial charge in [0.15, 0.2) is 16.1 Å². The van der Waals surface area contributed by atoms with Gasteiger partial charge in [0.2, 0.25) is 5.91 Å². The molecule has 1 aromatic carbocycles. The molecule has 8 nitrogen and oxygen atoms in total. The van der Waals surface area contributed by atoms with Gasteiger partial charge in [0.05, 0.1) is 28.6 Å². The van der Waals surface area contributed by atoms with Crippen LogP contribution < -0.4 is 10.1 Å². The van der Waals surface area contributed by atoms with Crippen LogP contribution in [0.25, 0.3) is 10.2 Å². The lowest BCUT2D eigenvalue weighted by Gasteiger charge is -2.29. The first kappa shape index (κ1) is 24.9. The van der Waals surface area contributed by atoms with Crippen molar-refractivity contribution >= 4 is 44.4 Å². The minimum Gasteiger partial charge on any atom is -0.494 e. The largest absolute Gasteiger partial charge is 0.494 e. The lowest BCUT2D eigenvalue weighted by atomic mass is 9.95. The number of rotatable bonds is 10. The number of ether oxygens (including phenoxy) is 1. The van der Waals surface area contributed by atoms with E-state index in [1.807, 2.05) is 25.1 Å². The molecule has 1 aliphatic rings. The maximum Gasteiger partial charge on any atom is 0.236 e. The molecule has 0 aliphatic heterocycles. The highest BCUT2D eigenvalue weighted by Crippen LogP contribution is 2.36. The molecule has 0 spiro atoms. The number of carbonyl (C=O) groups excluding carboxylic acids is 1. The number of benzene rings is 1. The van der Waals surface area contributed by atoms with Gasteiger partial charge in [-0.25, -0.2) is 4.98 Å². The van der Waals surface area contributed by atoms with Crippen molar-refractivity contribution in [1.82, 2.24) is 24.6 Å². The zero-order valence-corrected chi connectivity index (χ0v) is 22.0. The van der Waals surface area contributed by atoms with Crippen LogP contribution in [-0.4, -0.2) is 57.0 Å². The van der Waals surface area contributed by atoms with Crippen LogP contribution in [-0.2, 0) is 4.79 Å². The predicted molar refractivity (Wildman–Crippen MR) is 139 cm³/mol. The molecule has 1 atom stereocenters. The summed E-state index contributed by atoms with van der Waals surface area (Å²) in [7, 11) is 4.17. The molecule has 1 saturated carbocycles. The molecule has 0 radical (unpaired) electrons. The summed E-state index contributed by atoms with van der Waals surface area (Å²) in [6.45, 7) is 4.76. The number of nitrogens with one attached hydrogen (secondary N) is 1. The van der Waals surface area contributed by atoms with Gasteiger partial charge in [-0.3, -0.25) is 9.69 Å². The van der Waals surface area contributed by atoms with Gasteiger partial charge in [-0.2, -0.15) is 0 Å². The van der Waals surface area contributed by atoms with E-state index in [0.29, 0.717) is 17.8 Å². The molecule has 1 aliphatic carbocycles. The highest BCUT2D eigenvalue weighted by molar-refractivity contribution is 7.99. The molecular weight excluding hydrogens is 468 g/mol. The van der Waals surface area contributed by atoms with Crippen molar-refractivity contribution in [2.24, 2.45) is 0 Å². The number of amides is 1. The Morgan fingerprint density at radius 3 is 2.76 bits per heavy atom. The van der Waals surface area contributed by atoms with E-state index in [0.717, 1.165) is 46.2 Å². The van der Waals surface area contributed by atoms with E-state index < -0.39 is 0 Å². The minimum absolute atomic E-state index is 0.0894. The highest BCUT2D eigenvalue weighted by atomic mass is 32.2. The normalized spacial score (nSPS) is 15.7. The van der Waals surface area contributed by atoms with E-state index >= 15 is 0 Å². The summed E-state index contributed by atoms with van der Waals surface area (Å²) in [6.07, 6.45) is 7.00. The second kappa shape index (κ2) is 11.5. The number of thioether (sulfide) groups is 1. The number of hydrogen-bond acceptors (Lipinski definition) is 8. The molecule has 0 bridgehead atoms. The quantitative estimate of drug-likeness (QED) is 0.365. The molecule has 1 fully saturated rings. The summed E-state index contributed by atoms with van der Waals surface area (Å²) in [4.78, 5) is 19.5. The average molecular weight is 503 g/mol. The van der Waals surface area contributed by atoms with Gasteiger partial charge in [-0.15, -0.1) is 10.2 Å². The summed E-state index contributed by atoms with van der Waals surface area (Å²) in [6, 6.07) is 6.40. The Labute approximate surface area is 209 Å². The van der Waals surface area contributed by atoms with Gasteiger partial charge in [0.1, 0.15) is 5.75 Å². The zero-order valence-electron chi connectivity index (χ0n) is 20.4. The number of fused-ring (bicyclic) bond motifs is 1. The van der Waals surface area contributed by atoms with E-state index in [2.05, 4.69) is 51.0 Å². The van der Waals surface area contributed by atoms with Crippen LogP contribution in [0.4, 0.5) is 5.13 Å². The molecular formula is C24H34N6O2S2. The number of thiazole rings is 1. The third kappa shape index (κ3) is 5.72. The van der Waals surface area contributed by atoms with Crippen molar-refractivity contribution in [3.63, 3.8) is 0 Å². The smallest absolute Gasteiger partial charge is 0.236 e. The SMILES string of the molecule is CCOc1ccc2nc(NC(=O)CSc3nnc([C@@H](CC)N(C)C)n3C3CCCCC3)sc2c1. The molecule has 0 unspecified atom stereocenters. The van der Waals surface area contributed by atoms with E-state index in [1.165, 1.54) is 42.4 Å². The van der Waals surface area contributed by atoms with Crippen molar-refractivity contribution in [2.75, 3.05) is 31.8 Å². The summed E-state index contributed by atoms with van der Waals surface area (Å²) in [5.41, 5.74) is 0.854. The first-order chi connectivity index (χ1) is 16.5. The fourth-order valence-corrected chi connectivity index (χ4v) is 6.30. The summed E-state index contributed by atoms with van der Waals surface area (Å²) < 4.78 is 8.87. The van der Waals surface area contributed by atoms with Crippen molar-refractivity contribution < 1.29 is 9.53 Å². The summed E-state index contributed by atoms with van der Waals surface area (Å²) in [5.74, 6) is 2.00. The third-order valence-corrected chi connectivity index (χ3v) is 8.07. The van der Waals surface area contributed by atoms with Gasteiger partial charge in [0, 0.05) is 6.04 Å². The maximum absolute atomic E-state index is 12.8. The Morgan fingerprint density at radius 2 is 2.06 bits per heavy atom. The van der Waals surface area contributed by atoms with Crippen molar-refractivity contribution in [1.29, 1.82) is 0 Å². The second-order valence-electron chi connectivity index (χ2n) is 8.81. The van der Waals surface area contributed by atoms with E-state index in [9.17, 15) is 4.79 Å². The van der Waals surface area contributed by atoms with Crippen LogP contribution in [0, 0.1) is 0 Å².